The summed E-state index contributed by atoms with van der Waals surface area (Å²) in [5, 5.41) is 0. The van der Waals surface area contributed by atoms with Crippen LogP contribution in [0, 0.1) is 13.8 Å². The van der Waals surface area contributed by atoms with Crippen molar-refractivity contribution in [1.82, 2.24) is 14.4 Å². The number of nitrogens with zero attached hydrogens (tertiary/aromatic N) is 3. The number of hydrogen-bond acceptors (Lipinski definition) is 2. The van der Waals surface area contributed by atoms with Crippen LogP contribution in [0.5, 0.6) is 0 Å². The predicted molar refractivity (Wildman–Crippen MR) is 74.1 cm³/mol. The molecule has 2 heterocycles. The number of aryl methyl sites for hydroxylation is 2. The van der Waals surface area contributed by atoms with E-state index in [1.807, 2.05) is 19.4 Å². The predicted octanol–water partition coefficient (Wildman–Crippen LogP) is 3.62. The summed E-state index contributed by atoms with van der Waals surface area (Å²) in [7, 11) is 0. The molecule has 0 fully saturated rings. The number of aromatic nitrogens is 3. The van der Waals surface area contributed by atoms with Crippen LogP contribution in [0.2, 0.25) is 0 Å². The lowest BCUT2D eigenvalue weighted by molar-refractivity contribution is 0.857. The molecule has 0 saturated heterocycles. The van der Waals surface area contributed by atoms with Crippen molar-refractivity contribution in [2.75, 3.05) is 0 Å². The van der Waals surface area contributed by atoms with Gasteiger partial charge in [-0.3, -0.25) is 9.38 Å². The van der Waals surface area contributed by atoms with Crippen LogP contribution in [-0.2, 0) is 0 Å². The molecule has 0 atom stereocenters. The number of benzene rings is 1. The first-order valence-corrected chi connectivity index (χ1v) is 6.31. The first-order valence-electron chi connectivity index (χ1n) is 6.31. The summed E-state index contributed by atoms with van der Waals surface area (Å²) in [5.41, 5.74) is 6.96. The van der Waals surface area contributed by atoms with Gasteiger partial charge in [0.2, 0.25) is 0 Å². The molecule has 1 aromatic carbocycles. The third-order valence-corrected chi connectivity index (χ3v) is 3.57. The van der Waals surface area contributed by atoms with E-state index < -0.39 is 0 Å². The number of hydrogen-bond donors (Lipinski definition) is 0. The molecule has 0 N–H and O–H groups in total. The van der Waals surface area contributed by atoms with E-state index in [-0.39, 0.29) is 0 Å². The minimum Gasteiger partial charge on any atom is -0.295 e. The summed E-state index contributed by atoms with van der Waals surface area (Å²) in [6.07, 6.45) is 3.78. The first-order chi connectivity index (χ1) is 8.58. The van der Waals surface area contributed by atoms with E-state index in [4.69, 9.17) is 0 Å². The van der Waals surface area contributed by atoms with Gasteiger partial charge in [0.25, 0.3) is 0 Å². The van der Waals surface area contributed by atoms with Crippen LogP contribution in [0.25, 0.3) is 16.6 Å². The largest absolute Gasteiger partial charge is 0.295 e. The molecule has 0 radical (unpaired) electrons. The minimum atomic E-state index is 0.524. The smallest absolute Gasteiger partial charge is 0.100 e. The Morgan fingerprint density at radius 1 is 1.06 bits per heavy atom. The lowest BCUT2D eigenvalue weighted by Gasteiger charge is -2.11. The van der Waals surface area contributed by atoms with E-state index in [1.165, 1.54) is 11.1 Å². The van der Waals surface area contributed by atoms with Crippen LogP contribution in [-0.4, -0.2) is 14.4 Å². The van der Waals surface area contributed by atoms with Gasteiger partial charge in [-0.1, -0.05) is 13.8 Å². The van der Waals surface area contributed by atoms with E-state index in [1.54, 1.807) is 0 Å². The lowest BCUT2D eigenvalue weighted by atomic mass is 9.97. The van der Waals surface area contributed by atoms with Crippen molar-refractivity contribution in [3.63, 3.8) is 0 Å². The van der Waals surface area contributed by atoms with Gasteiger partial charge >= 0.3 is 0 Å². The Morgan fingerprint density at radius 3 is 2.56 bits per heavy atom. The van der Waals surface area contributed by atoms with Crippen molar-refractivity contribution in [2.24, 2.45) is 0 Å². The normalized spacial score (nSPS) is 11.8. The highest BCUT2D eigenvalue weighted by Crippen LogP contribution is 2.25. The van der Waals surface area contributed by atoms with Crippen LogP contribution in [0.3, 0.4) is 0 Å². The molecular weight excluding hydrogens is 222 g/mol. The molecule has 0 saturated carbocycles. The van der Waals surface area contributed by atoms with Crippen molar-refractivity contribution in [3.8, 4) is 0 Å². The number of fused-ring (bicyclic) bond motifs is 3. The van der Waals surface area contributed by atoms with E-state index >= 15 is 0 Å². The van der Waals surface area contributed by atoms with E-state index in [0.717, 1.165) is 22.2 Å². The SMILES string of the molecule is Cc1cc2c(cc1C(C)C)ncc1c(C)ncn12. The Kier molecular flexibility index (Phi) is 2.37. The van der Waals surface area contributed by atoms with Gasteiger partial charge in [-0.25, -0.2) is 4.98 Å². The summed E-state index contributed by atoms with van der Waals surface area (Å²) < 4.78 is 2.12. The van der Waals surface area contributed by atoms with E-state index in [2.05, 4.69) is 47.3 Å². The summed E-state index contributed by atoms with van der Waals surface area (Å²) in [6.45, 7) is 8.61. The second-order valence-electron chi connectivity index (χ2n) is 5.20. The molecule has 92 valence electrons. The number of imidazole rings is 1. The van der Waals surface area contributed by atoms with Gasteiger partial charge in [-0.05, 0) is 43.0 Å². The Hall–Kier alpha value is -1.90. The topological polar surface area (TPSA) is 30.2 Å². The van der Waals surface area contributed by atoms with Crippen LogP contribution in [0.15, 0.2) is 24.7 Å². The standard InChI is InChI=1S/C15H17N3/c1-9(2)12-6-13-14(5-10(12)3)18-8-17-11(4)15(18)7-16-13/h5-9H,1-4H3. The molecule has 3 heteroatoms. The Bertz CT molecular complexity index is 738. The Labute approximate surface area is 106 Å². The highest BCUT2D eigenvalue weighted by atomic mass is 15.0. The van der Waals surface area contributed by atoms with Gasteiger partial charge in [0.1, 0.15) is 6.33 Å². The molecule has 0 aliphatic rings. The maximum Gasteiger partial charge on any atom is 0.100 e. The van der Waals surface area contributed by atoms with Gasteiger partial charge in [0, 0.05) is 0 Å². The fraction of sp³-hybridized carbons (Fsp3) is 0.333. The lowest BCUT2D eigenvalue weighted by Crippen LogP contribution is -1.96. The van der Waals surface area contributed by atoms with Crippen LogP contribution in [0.1, 0.15) is 36.6 Å². The van der Waals surface area contributed by atoms with Crippen LogP contribution in [0.4, 0.5) is 0 Å². The maximum atomic E-state index is 4.57. The highest BCUT2D eigenvalue weighted by Gasteiger charge is 2.09. The quantitative estimate of drug-likeness (QED) is 0.649. The van der Waals surface area contributed by atoms with Crippen molar-refractivity contribution < 1.29 is 0 Å². The van der Waals surface area contributed by atoms with E-state index in [9.17, 15) is 0 Å². The average Bonchev–Trinajstić information content (AvgIpc) is 2.70. The first kappa shape index (κ1) is 11.2. The van der Waals surface area contributed by atoms with Gasteiger partial charge in [-0.15, -0.1) is 0 Å². The van der Waals surface area contributed by atoms with Crippen molar-refractivity contribution in [2.45, 2.75) is 33.6 Å². The van der Waals surface area contributed by atoms with Gasteiger partial charge in [-0.2, -0.15) is 0 Å². The maximum absolute atomic E-state index is 4.57. The fourth-order valence-corrected chi connectivity index (χ4v) is 2.54. The Morgan fingerprint density at radius 2 is 1.83 bits per heavy atom. The number of rotatable bonds is 1. The van der Waals surface area contributed by atoms with Crippen molar-refractivity contribution in [3.05, 3.63) is 41.5 Å². The monoisotopic (exact) mass is 239 g/mol. The molecule has 0 amide bonds. The molecule has 0 bridgehead atoms. The molecule has 18 heavy (non-hydrogen) atoms. The van der Waals surface area contributed by atoms with E-state index in [0.29, 0.717) is 5.92 Å². The summed E-state index contributed by atoms with van der Waals surface area (Å²) in [4.78, 5) is 8.92. The minimum absolute atomic E-state index is 0.524. The van der Waals surface area contributed by atoms with Gasteiger partial charge in [0.05, 0.1) is 28.4 Å². The van der Waals surface area contributed by atoms with Crippen molar-refractivity contribution >= 4 is 16.6 Å². The molecule has 2 aromatic heterocycles. The highest BCUT2D eigenvalue weighted by molar-refractivity contribution is 5.80. The third-order valence-electron chi connectivity index (χ3n) is 3.57. The summed E-state index contributed by atoms with van der Waals surface area (Å²) in [5.74, 6) is 0.524. The molecule has 0 spiro atoms. The second kappa shape index (κ2) is 3.80. The van der Waals surface area contributed by atoms with Crippen LogP contribution >= 0.6 is 0 Å². The molecule has 3 aromatic rings. The third kappa shape index (κ3) is 1.50. The zero-order chi connectivity index (χ0) is 12.9. The summed E-state index contributed by atoms with van der Waals surface area (Å²) >= 11 is 0. The zero-order valence-corrected chi connectivity index (χ0v) is 11.2. The van der Waals surface area contributed by atoms with Gasteiger partial charge in [0.15, 0.2) is 0 Å². The summed E-state index contributed by atoms with van der Waals surface area (Å²) in [6, 6.07) is 4.41. The molecule has 3 rings (SSSR count). The van der Waals surface area contributed by atoms with Gasteiger partial charge < -0.3 is 0 Å². The molecule has 3 nitrogen and oxygen atoms in total. The fourth-order valence-electron chi connectivity index (χ4n) is 2.54. The Balaban J connectivity index is 2.42. The van der Waals surface area contributed by atoms with Crippen LogP contribution < -0.4 is 0 Å². The molecule has 0 aliphatic heterocycles. The zero-order valence-electron chi connectivity index (χ0n) is 11.2. The molecular formula is C15H17N3. The molecule has 0 aliphatic carbocycles. The molecule has 0 unspecified atom stereocenters. The average molecular weight is 239 g/mol. The second-order valence-corrected chi connectivity index (χ2v) is 5.20. The van der Waals surface area contributed by atoms with Crippen molar-refractivity contribution in [1.29, 1.82) is 0 Å².